The van der Waals surface area contributed by atoms with E-state index in [9.17, 15) is 0 Å². The van der Waals surface area contributed by atoms with Gasteiger partial charge in [-0.25, -0.2) is 0 Å². The number of hydrogen-bond donors (Lipinski definition) is 1. The lowest BCUT2D eigenvalue weighted by molar-refractivity contribution is 0.0815. The molecule has 21 heavy (non-hydrogen) atoms. The monoisotopic (exact) mass is 286 g/mol. The zero-order valence-corrected chi connectivity index (χ0v) is 13.8. The molecule has 3 atom stereocenters. The molecule has 1 N–H and O–H groups in total. The van der Waals surface area contributed by atoms with Crippen LogP contribution in [0.25, 0.3) is 0 Å². The average molecular weight is 286 g/mol. The van der Waals surface area contributed by atoms with Gasteiger partial charge < -0.3 is 5.32 Å². The fourth-order valence-electron chi connectivity index (χ4n) is 4.28. The number of likely N-dealkylation sites (N-methyl/N-ethyl adjacent to an activating group) is 1. The van der Waals surface area contributed by atoms with E-state index in [1.165, 1.54) is 19.3 Å². The molecule has 3 unspecified atom stereocenters. The Morgan fingerprint density at radius 2 is 1.81 bits per heavy atom. The standard InChI is InChI=1S/C19H30N2/c1-4-20-18-10-9-15(14(2)3)11-19(18)21-12-16-7-5-6-8-17(16)13-21/h5-8,14-15,18-20H,4,9-13H2,1-3H3. The molecule has 1 aromatic carbocycles. The van der Waals surface area contributed by atoms with E-state index < -0.39 is 0 Å². The van der Waals surface area contributed by atoms with Gasteiger partial charge in [-0.15, -0.1) is 0 Å². The van der Waals surface area contributed by atoms with E-state index in [1.54, 1.807) is 11.1 Å². The van der Waals surface area contributed by atoms with E-state index >= 15 is 0 Å². The maximum absolute atomic E-state index is 3.76. The Hall–Kier alpha value is -0.860. The van der Waals surface area contributed by atoms with Gasteiger partial charge in [0.1, 0.15) is 0 Å². The quantitative estimate of drug-likeness (QED) is 0.905. The van der Waals surface area contributed by atoms with Crippen LogP contribution in [0, 0.1) is 11.8 Å². The van der Waals surface area contributed by atoms with Crippen LogP contribution in [0.4, 0.5) is 0 Å². The maximum Gasteiger partial charge on any atom is 0.0259 e. The second kappa shape index (κ2) is 6.50. The summed E-state index contributed by atoms with van der Waals surface area (Å²) < 4.78 is 0. The van der Waals surface area contributed by atoms with Gasteiger partial charge in [0.15, 0.2) is 0 Å². The Kier molecular flexibility index (Phi) is 4.66. The molecule has 0 radical (unpaired) electrons. The molecule has 0 amide bonds. The highest BCUT2D eigenvalue weighted by Gasteiger charge is 2.36. The van der Waals surface area contributed by atoms with Crippen LogP contribution in [0.15, 0.2) is 24.3 Å². The van der Waals surface area contributed by atoms with E-state index in [0.717, 1.165) is 31.5 Å². The predicted molar refractivity (Wildman–Crippen MR) is 89.1 cm³/mol. The number of benzene rings is 1. The average Bonchev–Trinajstić information content (AvgIpc) is 2.91. The third kappa shape index (κ3) is 3.17. The lowest BCUT2D eigenvalue weighted by Gasteiger charge is -2.42. The molecule has 1 aliphatic carbocycles. The summed E-state index contributed by atoms with van der Waals surface area (Å²) >= 11 is 0. The zero-order valence-electron chi connectivity index (χ0n) is 13.8. The first-order valence-electron chi connectivity index (χ1n) is 8.73. The normalized spacial score (nSPS) is 29.8. The molecular formula is C19H30N2. The lowest BCUT2D eigenvalue weighted by Crippen LogP contribution is -2.52. The van der Waals surface area contributed by atoms with Crippen LogP contribution in [-0.2, 0) is 13.1 Å². The van der Waals surface area contributed by atoms with Crippen molar-refractivity contribution >= 4 is 0 Å². The summed E-state index contributed by atoms with van der Waals surface area (Å²) in [4.78, 5) is 2.73. The molecule has 1 saturated carbocycles. The van der Waals surface area contributed by atoms with Crippen LogP contribution in [0.3, 0.4) is 0 Å². The summed E-state index contributed by atoms with van der Waals surface area (Å²) in [6, 6.07) is 10.4. The van der Waals surface area contributed by atoms with Crippen molar-refractivity contribution in [2.75, 3.05) is 6.54 Å². The van der Waals surface area contributed by atoms with Gasteiger partial charge >= 0.3 is 0 Å². The van der Waals surface area contributed by atoms with Crippen molar-refractivity contribution in [3.8, 4) is 0 Å². The van der Waals surface area contributed by atoms with Gasteiger partial charge in [0.25, 0.3) is 0 Å². The number of fused-ring (bicyclic) bond motifs is 1. The second-order valence-corrected chi connectivity index (χ2v) is 7.22. The van der Waals surface area contributed by atoms with Gasteiger partial charge in [-0.2, -0.15) is 0 Å². The Morgan fingerprint density at radius 3 is 2.38 bits per heavy atom. The zero-order chi connectivity index (χ0) is 14.8. The van der Waals surface area contributed by atoms with Gasteiger partial charge in [-0.3, -0.25) is 4.90 Å². The van der Waals surface area contributed by atoms with Crippen molar-refractivity contribution in [2.24, 2.45) is 11.8 Å². The molecule has 2 nitrogen and oxygen atoms in total. The molecule has 0 bridgehead atoms. The van der Waals surface area contributed by atoms with Crippen LogP contribution in [-0.4, -0.2) is 23.5 Å². The first-order chi connectivity index (χ1) is 10.2. The van der Waals surface area contributed by atoms with Crippen LogP contribution in [0.1, 0.15) is 51.2 Å². The molecule has 3 rings (SSSR count). The van der Waals surface area contributed by atoms with E-state index in [-0.39, 0.29) is 0 Å². The molecule has 2 aliphatic rings. The highest BCUT2D eigenvalue weighted by atomic mass is 15.2. The topological polar surface area (TPSA) is 15.3 Å². The minimum atomic E-state index is 0.680. The molecular weight excluding hydrogens is 256 g/mol. The maximum atomic E-state index is 3.76. The third-order valence-corrected chi connectivity index (χ3v) is 5.60. The van der Waals surface area contributed by atoms with Gasteiger partial charge in [-0.05, 0) is 48.8 Å². The first-order valence-corrected chi connectivity index (χ1v) is 8.73. The van der Waals surface area contributed by atoms with Gasteiger partial charge in [-0.1, -0.05) is 45.0 Å². The van der Waals surface area contributed by atoms with Crippen molar-refractivity contribution in [3.63, 3.8) is 0 Å². The SMILES string of the molecule is CCNC1CCC(C(C)C)CC1N1Cc2ccccc2C1. The summed E-state index contributed by atoms with van der Waals surface area (Å²) in [6.45, 7) is 10.4. The second-order valence-electron chi connectivity index (χ2n) is 7.22. The van der Waals surface area contributed by atoms with Gasteiger partial charge in [0.05, 0.1) is 0 Å². The largest absolute Gasteiger partial charge is 0.313 e. The molecule has 0 aromatic heterocycles. The lowest BCUT2D eigenvalue weighted by atomic mass is 9.76. The molecule has 1 heterocycles. The Morgan fingerprint density at radius 1 is 1.14 bits per heavy atom. The summed E-state index contributed by atoms with van der Waals surface area (Å²) in [5.74, 6) is 1.72. The Bertz CT molecular complexity index is 443. The number of nitrogens with zero attached hydrogens (tertiary/aromatic N) is 1. The smallest absolute Gasteiger partial charge is 0.0259 e. The highest BCUT2D eigenvalue weighted by molar-refractivity contribution is 5.30. The van der Waals surface area contributed by atoms with Crippen LogP contribution < -0.4 is 5.32 Å². The minimum Gasteiger partial charge on any atom is -0.313 e. The molecule has 0 saturated heterocycles. The van der Waals surface area contributed by atoms with Crippen molar-refractivity contribution in [1.29, 1.82) is 0 Å². The van der Waals surface area contributed by atoms with Gasteiger partial charge in [0, 0.05) is 25.2 Å². The summed E-state index contributed by atoms with van der Waals surface area (Å²) in [7, 11) is 0. The fraction of sp³-hybridized carbons (Fsp3) is 0.684. The highest BCUT2D eigenvalue weighted by Crippen LogP contribution is 2.36. The van der Waals surface area contributed by atoms with E-state index in [4.69, 9.17) is 0 Å². The van der Waals surface area contributed by atoms with E-state index in [1.807, 2.05) is 0 Å². The summed E-state index contributed by atoms with van der Waals surface area (Å²) in [6.07, 6.45) is 4.10. The van der Waals surface area contributed by atoms with Crippen molar-refractivity contribution < 1.29 is 0 Å². The third-order valence-electron chi connectivity index (χ3n) is 5.60. The van der Waals surface area contributed by atoms with Crippen LogP contribution >= 0.6 is 0 Å². The van der Waals surface area contributed by atoms with Crippen molar-refractivity contribution in [2.45, 2.75) is 65.2 Å². The molecule has 1 aromatic rings. The van der Waals surface area contributed by atoms with Crippen LogP contribution in [0.5, 0.6) is 0 Å². The van der Waals surface area contributed by atoms with Crippen LogP contribution in [0.2, 0.25) is 0 Å². The number of rotatable bonds is 4. The minimum absolute atomic E-state index is 0.680. The van der Waals surface area contributed by atoms with E-state index in [0.29, 0.717) is 12.1 Å². The summed E-state index contributed by atoms with van der Waals surface area (Å²) in [5.41, 5.74) is 3.08. The number of nitrogens with one attached hydrogen (secondary N) is 1. The molecule has 2 heteroatoms. The molecule has 1 aliphatic heterocycles. The summed E-state index contributed by atoms with van der Waals surface area (Å²) in [5, 5.41) is 3.76. The van der Waals surface area contributed by atoms with Crippen molar-refractivity contribution in [3.05, 3.63) is 35.4 Å². The van der Waals surface area contributed by atoms with E-state index in [2.05, 4.69) is 55.3 Å². The van der Waals surface area contributed by atoms with Gasteiger partial charge in [0.2, 0.25) is 0 Å². The Labute approximate surface area is 129 Å². The predicted octanol–water partition coefficient (Wildman–Crippen LogP) is 3.81. The van der Waals surface area contributed by atoms with Crippen molar-refractivity contribution in [1.82, 2.24) is 10.2 Å². The first kappa shape index (κ1) is 15.1. The Balaban J connectivity index is 1.74. The number of hydrogen-bond acceptors (Lipinski definition) is 2. The fourth-order valence-corrected chi connectivity index (χ4v) is 4.28. The molecule has 116 valence electrons. The molecule has 0 spiro atoms. The molecule has 1 fully saturated rings.